The molecule has 0 bridgehead atoms. The van der Waals surface area contributed by atoms with Crippen molar-refractivity contribution in [2.75, 3.05) is 0 Å². The summed E-state index contributed by atoms with van der Waals surface area (Å²) < 4.78 is 2.89. The zero-order valence-electron chi connectivity index (χ0n) is 12.5. The number of para-hydroxylation sites is 2. The normalized spacial score (nSPS) is 11.2. The molecule has 116 valence electrons. The van der Waals surface area contributed by atoms with Crippen LogP contribution in [0.25, 0.3) is 11.0 Å². The number of benzene rings is 2. The van der Waals surface area contributed by atoms with Crippen molar-refractivity contribution in [3.05, 3.63) is 64.4 Å². The Bertz CT molecular complexity index is 885. The number of amides is 1. The summed E-state index contributed by atoms with van der Waals surface area (Å²) in [6.45, 7) is 0. The summed E-state index contributed by atoms with van der Waals surface area (Å²) in [5.41, 5.74) is 5.33. The van der Waals surface area contributed by atoms with Gasteiger partial charge in [-0.05, 0) is 29.8 Å². The Morgan fingerprint density at radius 3 is 2.91 bits per heavy atom. The Morgan fingerprint density at radius 2 is 2.13 bits per heavy atom. The van der Waals surface area contributed by atoms with Gasteiger partial charge in [0.2, 0.25) is 5.91 Å². The van der Waals surface area contributed by atoms with Gasteiger partial charge in [0.05, 0.1) is 23.7 Å². The first-order valence-electron chi connectivity index (χ1n) is 7.11. The van der Waals surface area contributed by atoms with Crippen LogP contribution in [0.15, 0.2) is 58.1 Å². The Hall–Kier alpha value is -2.47. The van der Waals surface area contributed by atoms with Gasteiger partial charge in [-0.1, -0.05) is 40.2 Å². The van der Waals surface area contributed by atoms with Crippen LogP contribution >= 0.6 is 15.9 Å². The van der Waals surface area contributed by atoms with Gasteiger partial charge in [0.1, 0.15) is 5.82 Å². The van der Waals surface area contributed by atoms with Gasteiger partial charge >= 0.3 is 0 Å². The van der Waals surface area contributed by atoms with E-state index in [1.165, 1.54) is 0 Å². The maximum atomic E-state index is 12.0. The number of rotatable bonds is 4. The summed E-state index contributed by atoms with van der Waals surface area (Å²) in [7, 11) is 1.91. The highest BCUT2D eigenvalue weighted by atomic mass is 79.9. The Labute approximate surface area is 142 Å². The number of carbonyl (C=O) groups excluding carboxylic acids is 1. The topological polar surface area (TPSA) is 59.3 Å². The summed E-state index contributed by atoms with van der Waals surface area (Å²) in [6, 6.07) is 15.5. The second kappa shape index (κ2) is 6.75. The standard InChI is InChI=1S/C17H15BrN4O/c1-22-15-8-3-2-7-14(15)20-16(22)10-17(23)21-19-11-12-5-4-6-13(18)9-12/h2-9,11H,10H2,1H3,(H,21,23)/b19-11+. The number of halogens is 1. The van der Waals surface area contributed by atoms with Crippen LogP contribution in [0.4, 0.5) is 0 Å². The van der Waals surface area contributed by atoms with Crippen LogP contribution in [0.3, 0.4) is 0 Å². The molecule has 0 aliphatic rings. The van der Waals surface area contributed by atoms with Gasteiger partial charge in [-0.2, -0.15) is 5.10 Å². The average Bonchev–Trinajstić information content (AvgIpc) is 2.84. The number of nitrogens with one attached hydrogen (secondary N) is 1. The number of hydrazone groups is 1. The lowest BCUT2D eigenvalue weighted by atomic mass is 10.2. The van der Waals surface area contributed by atoms with Crippen LogP contribution in [0.1, 0.15) is 11.4 Å². The number of fused-ring (bicyclic) bond motifs is 1. The first-order chi connectivity index (χ1) is 11.1. The number of hydrogen-bond donors (Lipinski definition) is 1. The third-order valence-corrected chi connectivity index (χ3v) is 3.94. The number of carbonyl (C=O) groups is 1. The van der Waals surface area contributed by atoms with Gasteiger partial charge in [-0.15, -0.1) is 0 Å². The molecule has 1 N–H and O–H groups in total. The second-order valence-electron chi connectivity index (χ2n) is 5.10. The average molecular weight is 371 g/mol. The van der Waals surface area contributed by atoms with Crippen molar-refractivity contribution in [2.24, 2.45) is 12.1 Å². The molecule has 0 atom stereocenters. The summed E-state index contributed by atoms with van der Waals surface area (Å²) in [4.78, 5) is 16.5. The maximum absolute atomic E-state index is 12.0. The van der Waals surface area contributed by atoms with Gasteiger partial charge in [0, 0.05) is 11.5 Å². The number of aryl methyl sites for hydroxylation is 1. The predicted molar refractivity (Wildman–Crippen MR) is 94.3 cm³/mol. The van der Waals surface area contributed by atoms with Crippen molar-refractivity contribution in [3.8, 4) is 0 Å². The molecule has 1 heterocycles. The van der Waals surface area contributed by atoms with E-state index in [0.29, 0.717) is 5.82 Å². The van der Waals surface area contributed by atoms with Crippen LogP contribution in [-0.2, 0) is 18.3 Å². The smallest absolute Gasteiger partial charge is 0.247 e. The molecule has 5 nitrogen and oxygen atoms in total. The van der Waals surface area contributed by atoms with Crippen molar-refractivity contribution < 1.29 is 4.79 Å². The quantitative estimate of drug-likeness (QED) is 0.566. The molecular formula is C17H15BrN4O. The Kier molecular flexibility index (Phi) is 4.52. The number of aromatic nitrogens is 2. The molecule has 3 aromatic rings. The van der Waals surface area contributed by atoms with Crippen molar-refractivity contribution in [1.82, 2.24) is 15.0 Å². The highest BCUT2D eigenvalue weighted by Gasteiger charge is 2.10. The number of hydrogen-bond acceptors (Lipinski definition) is 3. The van der Waals surface area contributed by atoms with E-state index in [9.17, 15) is 4.79 Å². The number of imidazole rings is 1. The summed E-state index contributed by atoms with van der Waals surface area (Å²) in [6.07, 6.45) is 1.79. The molecule has 0 saturated heterocycles. The van der Waals surface area contributed by atoms with Crippen LogP contribution in [-0.4, -0.2) is 21.7 Å². The molecule has 1 amide bonds. The van der Waals surface area contributed by atoms with E-state index in [0.717, 1.165) is 21.1 Å². The van der Waals surface area contributed by atoms with E-state index >= 15 is 0 Å². The molecule has 0 fully saturated rings. The van der Waals surface area contributed by atoms with Gasteiger partial charge in [0.25, 0.3) is 0 Å². The van der Waals surface area contributed by atoms with Crippen molar-refractivity contribution >= 4 is 39.1 Å². The molecule has 0 radical (unpaired) electrons. The van der Waals surface area contributed by atoms with E-state index in [4.69, 9.17) is 0 Å². The third kappa shape index (κ3) is 3.65. The van der Waals surface area contributed by atoms with Crippen LogP contribution in [0.5, 0.6) is 0 Å². The molecule has 2 aromatic carbocycles. The van der Waals surface area contributed by atoms with E-state index in [2.05, 4.69) is 31.4 Å². The highest BCUT2D eigenvalue weighted by Crippen LogP contribution is 2.14. The Balaban J connectivity index is 1.66. The first-order valence-corrected chi connectivity index (χ1v) is 7.90. The molecule has 3 rings (SSSR count). The van der Waals surface area contributed by atoms with Crippen LogP contribution in [0, 0.1) is 0 Å². The van der Waals surface area contributed by atoms with Gasteiger partial charge < -0.3 is 4.57 Å². The van der Waals surface area contributed by atoms with Gasteiger partial charge in [0.15, 0.2) is 0 Å². The molecule has 6 heteroatoms. The zero-order valence-corrected chi connectivity index (χ0v) is 14.1. The molecule has 0 aliphatic carbocycles. The highest BCUT2D eigenvalue weighted by molar-refractivity contribution is 9.10. The minimum absolute atomic E-state index is 0.182. The van der Waals surface area contributed by atoms with E-state index < -0.39 is 0 Å². The summed E-state index contributed by atoms with van der Waals surface area (Å²) >= 11 is 3.39. The molecule has 23 heavy (non-hydrogen) atoms. The third-order valence-electron chi connectivity index (χ3n) is 3.45. The van der Waals surface area contributed by atoms with Crippen molar-refractivity contribution in [1.29, 1.82) is 0 Å². The lowest BCUT2D eigenvalue weighted by molar-refractivity contribution is -0.120. The minimum Gasteiger partial charge on any atom is -0.331 e. The first kappa shape index (κ1) is 15.4. The van der Waals surface area contributed by atoms with E-state index in [1.807, 2.05) is 60.1 Å². The van der Waals surface area contributed by atoms with Crippen LogP contribution < -0.4 is 5.43 Å². The molecule has 0 aliphatic heterocycles. The van der Waals surface area contributed by atoms with Crippen LogP contribution in [0.2, 0.25) is 0 Å². The lowest BCUT2D eigenvalue weighted by Crippen LogP contribution is -2.21. The molecule has 0 spiro atoms. The van der Waals surface area contributed by atoms with E-state index in [1.54, 1.807) is 6.21 Å². The fourth-order valence-corrected chi connectivity index (χ4v) is 2.72. The fourth-order valence-electron chi connectivity index (χ4n) is 2.30. The summed E-state index contributed by atoms with van der Waals surface area (Å²) in [5.74, 6) is 0.510. The summed E-state index contributed by atoms with van der Waals surface area (Å²) in [5, 5.41) is 3.98. The van der Waals surface area contributed by atoms with Crippen molar-refractivity contribution in [2.45, 2.75) is 6.42 Å². The fraction of sp³-hybridized carbons (Fsp3) is 0.118. The van der Waals surface area contributed by atoms with Crippen molar-refractivity contribution in [3.63, 3.8) is 0 Å². The SMILES string of the molecule is Cn1c(CC(=O)N/N=C/c2cccc(Br)c2)nc2ccccc21. The van der Waals surface area contributed by atoms with Gasteiger partial charge in [-0.3, -0.25) is 4.79 Å². The minimum atomic E-state index is -0.199. The Morgan fingerprint density at radius 1 is 1.30 bits per heavy atom. The second-order valence-corrected chi connectivity index (χ2v) is 6.02. The largest absolute Gasteiger partial charge is 0.331 e. The molecular weight excluding hydrogens is 356 g/mol. The number of nitrogens with zero attached hydrogens (tertiary/aromatic N) is 3. The predicted octanol–water partition coefficient (Wildman–Crippen LogP) is 3.03. The zero-order chi connectivity index (χ0) is 16.2. The molecule has 0 saturated carbocycles. The lowest BCUT2D eigenvalue weighted by Gasteiger charge is -2.01. The molecule has 0 unspecified atom stereocenters. The maximum Gasteiger partial charge on any atom is 0.247 e. The van der Waals surface area contributed by atoms with E-state index in [-0.39, 0.29) is 12.3 Å². The molecule has 1 aromatic heterocycles. The monoisotopic (exact) mass is 370 g/mol. The van der Waals surface area contributed by atoms with Gasteiger partial charge in [-0.25, -0.2) is 10.4 Å².